The van der Waals surface area contributed by atoms with Gasteiger partial charge in [-0.05, 0) is 78.2 Å². The van der Waals surface area contributed by atoms with Crippen molar-refractivity contribution in [1.29, 1.82) is 0 Å². The van der Waals surface area contributed by atoms with E-state index in [0.717, 1.165) is 6.42 Å². The summed E-state index contributed by atoms with van der Waals surface area (Å²) in [7, 11) is 3.08. The fourth-order valence-corrected chi connectivity index (χ4v) is 6.36. The van der Waals surface area contributed by atoms with E-state index >= 15 is 0 Å². The molecule has 0 bridgehead atoms. The monoisotopic (exact) mass is 672 g/mol. The normalized spacial score (nSPS) is 14.6. The predicted molar refractivity (Wildman–Crippen MR) is 166 cm³/mol. The lowest BCUT2D eigenvalue weighted by atomic mass is 9.93. The molecule has 0 fully saturated rings. The molecule has 1 atom stereocenters. The highest BCUT2D eigenvalue weighted by Crippen LogP contribution is 2.39. The van der Waals surface area contributed by atoms with Crippen LogP contribution in [0.1, 0.15) is 57.7 Å². The zero-order valence-corrected chi connectivity index (χ0v) is 27.2. The Bertz CT molecular complexity index is 1760. The van der Waals surface area contributed by atoms with Gasteiger partial charge in [0.1, 0.15) is 17.5 Å². The summed E-state index contributed by atoms with van der Waals surface area (Å²) in [6.07, 6.45) is 2.94. The smallest absolute Gasteiger partial charge is 0.338 e. The first-order valence-corrected chi connectivity index (χ1v) is 15.4. The number of halogens is 1. The van der Waals surface area contributed by atoms with E-state index in [9.17, 15) is 14.4 Å². The van der Waals surface area contributed by atoms with Gasteiger partial charge in [-0.25, -0.2) is 9.79 Å². The third-order valence-corrected chi connectivity index (χ3v) is 8.07. The third-order valence-electron chi connectivity index (χ3n) is 6.50. The minimum atomic E-state index is -0.874. The van der Waals surface area contributed by atoms with Crippen molar-refractivity contribution in [3.8, 4) is 23.0 Å². The summed E-state index contributed by atoms with van der Waals surface area (Å²) in [6, 6.07) is 7.80. The molecule has 0 aliphatic carbocycles. The fraction of sp³-hybridized carbons (Fsp3) is 0.355. The van der Waals surface area contributed by atoms with Crippen LogP contribution in [-0.4, -0.2) is 43.9 Å². The molecule has 12 heteroatoms. The lowest BCUT2D eigenvalue weighted by molar-refractivity contribution is -0.139. The van der Waals surface area contributed by atoms with E-state index in [1.54, 1.807) is 50.4 Å². The number of fused-ring (bicyclic) bond motifs is 1. The van der Waals surface area contributed by atoms with Crippen molar-refractivity contribution in [2.24, 2.45) is 4.99 Å². The number of thiazole rings is 1. The second kappa shape index (κ2) is 14.0. The van der Waals surface area contributed by atoms with Crippen molar-refractivity contribution in [3.05, 3.63) is 76.9 Å². The van der Waals surface area contributed by atoms with E-state index in [1.807, 2.05) is 13.8 Å². The number of hydrogen-bond acceptors (Lipinski definition) is 10. The number of ether oxygens (including phenoxy) is 5. The Balaban J connectivity index is 2.02. The Labute approximate surface area is 261 Å². The van der Waals surface area contributed by atoms with Crippen LogP contribution in [0.3, 0.4) is 0 Å². The second-order valence-corrected chi connectivity index (χ2v) is 11.2. The Morgan fingerprint density at radius 1 is 1.07 bits per heavy atom. The summed E-state index contributed by atoms with van der Waals surface area (Å²) in [5, 5.41) is 0. The summed E-state index contributed by atoms with van der Waals surface area (Å²) in [6.45, 7) is 7.35. The van der Waals surface area contributed by atoms with Crippen molar-refractivity contribution >= 4 is 45.3 Å². The van der Waals surface area contributed by atoms with Crippen LogP contribution < -0.4 is 33.8 Å². The number of benzene rings is 2. The maximum Gasteiger partial charge on any atom is 0.338 e. The maximum absolute atomic E-state index is 14.2. The SMILES string of the molecule is CCCC1=C(C(=O)OCC)[C@H](c2cc(OC)ccc2OC)n2c(s/c(=C\c3cc(Br)c(OC(C)=O)c(OCC)c3)c2=O)=N1. The van der Waals surface area contributed by atoms with Crippen molar-refractivity contribution in [2.75, 3.05) is 27.4 Å². The van der Waals surface area contributed by atoms with Crippen LogP contribution in [0.5, 0.6) is 23.0 Å². The van der Waals surface area contributed by atoms with E-state index in [4.69, 9.17) is 28.7 Å². The molecular formula is C31H33BrN2O8S. The number of methoxy groups -OCH3 is 2. The molecule has 1 aromatic heterocycles. The van der Waals surface area contributed by atoms with Gasteiger partial charge in [-0.1, -0.05) is 24.7 Å². The molecule has 3 aromatic rings. The molecule has 0 spiro atoms. The van der Waals surface area contributed by atoms with Gasteiger partial charge in [0, 0.05) is 12.5 Å². The molecule has 10 nitrogen and oxygen atoms in total. The number of esters is 2. The molecule has 0 unspecified atom stereocenters. The summed E-state index contributed by atoms with van der Waals surface area (Å²) in [5.74, 6) is 0.574. The quantitative estimate of drug-likeness (QED) is 0.213. The van der Waals surface area contributed by atoms with Gasteiger partial charge in [0.25, 0.3) is 5.56 Å². The highest BCUT2D eigenvalue weighted by Gasteiger charge is 2.36. The number of hydrogen-bond donors (Lipinski definition) is 0. The van der Waals surface area contributed by atoms with Gasteiger partial charge in [-0.15, -0.1) is 0 Å². The standard InChI is InChI=1S/C31H33BrN2O8S/c1-7-10-22-26(30(37)41-9-3)27(20-16-19(38-5)11-12-23(20)39-6)34-29(36)25(43-31(34)33-22)15-18-13-21(32)28(42-17(4)35)24(14-18)40-8-2/h11-16,27H,7-10H2,1-6H3/b25-15-/t27-/m0/s1. The predicted octanol–water partition coefficient (Wildman–Crippen LogP) is 4.68. The summed E-state index contributed by atoms with van der Waals surface area (Å²) >= 11 is 4.66. The summed E-state index contributed by atoms with van der Waals surface area (Å²) < 4.78 is 30.1. The molecule has 0 amide bonds. The Morgan fingerprint density at radius 2 is 1.84 bits per heavy atom. The number of allylic oxidation sites excluding steroid dienone is 1. The molecule has 0 N–H and O–H groups in total. The number of carbonyl (C=O) groups excluding carboxylic acids is 2. The van der Waals surface area contributed by atoms with Gasteiger partial charge in [-0.3, -0.25) is 14.2 Å². The van der Waals surface area contributed by atoms with Crippen LogP contribution in [0.15, 0.2) is 55.9 Å². The first-order chi connectivity index (χ1) is 20.7. The van der Waals surface area contributed by atoms with E-state index < -0.39 is 18.0 Å². The summed E-state index contributed by atoms with van der Waals surface area (Å²) in [5.41, 5.74) is 1.67. The molecule has 4 rings (SSSR count). The van der Waals surface area contributed by atoms with Crippen LogP contribution in [0, 0.1) is 0 Å². The molecule has 228 valence electrons. The van der Waals surface area contributed by atoms with Crippen LogP contribution in [0.25, 0.3) is 6.08 Å². The molecule has 0 radical (unpaired) electrons. The highest BCUT2D eigenvalue weighted by molar-refractivity contribution is 9.10. The third kappa shape index (κ3) is 6.70. The van der Waals surface area contributed by atoms with Crippen LogP contribution in [0.2, 0.25) is 0 Å². The highest BCUT2D eigenvalue weighted by atomic mass is 79.9. The van der Waals surface area contributed by atoms with Crippen LogP contribution in [0.4, 0.5) is 0 Å². The van der Waals surface area contributed by atoms with Gasteiger partial charge < -0.3 is 23.7 Å². The largest absolute Gasteiger partial charge is 0.497 e. The molecule has 1 aliphatic rings. The Morgan fingerprint density at radius 3 is 2.47 bits per heavy atom. The molecular weight excluding hydrogens is 640 g/mol. The van der Waals surface area contributed by atoms with Gasteiger partial charge in [0.2, 0.25) is 0 Å². The first-order valence-electron chi connectivity index (χ1n) is 13.8. The van der Waals surface area contributed by atoms with E-state index in [0.29, 0.717) is 60.9 Å². The van der Waals surface area contributed by atoms with Gasteiger partial charge in [0.05, 0.1) is 47.7 Å². The molecule has 2 heterocycles. The Kier molecular flexibility index (Phi) is 10.5. The average Bonchev–Trinajstić information content (AvgIpc) is 3.28. The Hall–Kier alpha value is -3.90. The number of rotatable bonds is 11. The van der Waals surface area contributed by atoms with E-state index in [2.05, 4.69) is 15.9 Å². The number of aromatic nitrogens is 1. The van der Waals surface area contributed by atoms with Gasteiger partial charge >= 0.3 is 11.9 Å². The summed E-state index contributed by atoms with van der Waals surface area (Å²) in [4.78, 5) is 44.6. The number of carbonyl (C=O) groups is 2. The molecule has 1 aliphatic heterocycles. The van der Waals surface area contributed by atoms with Crippen molar-refractivity contribution in [1.82, 2.24) is 4.57 Å². The second-order valence-electron chi connectivity index (χ2n) is 9.38. The van der Waals surface area contributed by atoms with Gasteiger partial charge in [0.15, 0.2) is 16.3 Å². The zero-order valence-electron chi connectivity index (χ0n) is 24.8. The molecule has 2 aromatic carbocycles. The van der Waals surface area contributed by atoms with E-state index in [-0.39, 0.29) is 23.5 Å². The van der Waals surface area contributed by atoms with Crippen LogP contribution >= 0.6 is 27.3 Å². The molecule has 0 saturated carbocycles. The minimum Gasteiger partial charge on any atom is -0.497 e. The minimum absolute atomic E-state index is 0.161. The average molecular weight is 674 g/mol. The fourth-order valence-electron chi connectivity index (χ4n) is 4.80. The first kappa shape index (κ1) is 32.0. The maximum atomic E-state index is 14.2. The lowest BCUT2D eigenvalue weighted by Crippen LogP contribution is -2.40. The lowest BCUT2D eigenvalue weighted by Gasteiger charge is -2.27. The molecule has 0 saturated heterocycles. The van der Waals surface area contributed by atoms with E-state index in [1.165, 1.54) is 29.9 Å². The van der Waals surface area contributed by atoms with Gasteiger partial charge in [-0.2, -0.15) is 0 Å². The van der Waals surface area contributed by atoms with Crippen molar-refractivity contribution in [2.45, 2.75) is 46.6 Å². The molecule has 43 heavy (non-hydrogen) atoms. The topological polar surface area (TPSA) is 115 Å². The van der Waals surface area contributed by atoms with Crippen molar-refractivity contribution in [3.63, 3.8) is 0 Å². The van der Waals surface area contributed by atoms with Crippen LogP contribution in [-0.2, 0) is 14.3 Å². The van der Waals surface area contributed by atoms with Crippen molar-refractivity contribution < 1.29 is 33.3 Å². The zero-order chi connectivity index (χ0) is 31.3. The number of nitrogens with zero attached hydrogens (tertiary/aromatic N) is 2.